The number of phenolic OH excluding ortho intramolecular Hbond substituents is 1. The molecule has 0 bridgehead atoms. The Kier molecular flexibility index (Phi) is 8.44. The van der Waals surface area contributed by atoms with E-state index in [-0.39, 0.29) is 17.6 Å². The van der Waals surface area contributed by atoms with Crippen LogP contribution >= 0.6 is 0 Å². The minimum Gasteiger partial charge on any atom is -0.508 e. The second-order valence-corrected chi connectivity index (χ2v) is 10.9. The van der Waals surface area contributed by atoms with Crippen LogP contribution in [-0.4, -0.2) is 50.7 Å². The molecule has 0 radical (unpaired) electrons. The minimum absolute atomic E-state index is 0.0298. The SMILES string of the molecule is C[C@@H]1CC(C(=O)OC(C)(C)C)CCN1Cc1cccc(-c2ccnc(NCCc3ccc(O)cc3)n2)c1. The summed E-state index contributed by atoms with van der Waals surface area (Å²) in [5.74, 6) is 0.768. The summed E-state index contributed by atoms with van der Waals surface area (Å²) < 4.78 is 5.62. The fraction of sp³-hybridized carbons (Fsp3) is 0.433. The molecule has 7 heteroatoms. The van der Waals surface area contributed by atoms with Gasteiger partial charge in [0.2, 0.25) is 5.95 Å². The van der Waals surface area contributed by atoms with Gasteiger partial charge in [0.05, 0.1) is 11.6 Å². The molecular weight excluding hydrogens is 464 g/mol. The van der Waals surface area contributed by atoms with E-state index in [0.717, 1.165) is 49.2 Å². The molecule has 2 atom stereocenters. The van der Waals surface area contributed by atoms with Gasteiger partial charge in [-0.1, -0.05) is 30.3 Å². The Morgan fingerprint density at radius 2 is 1.92 bits per heavy atom. The van der Waals surface area contributed by atoms with Gasteiger partial charge in [0.15, 0.2) is 0 Å². The van der Waals surface area contributed by atoms with Gasteiger partial charge in [0.25, 0.3) is 0 Å². The highest BCUT2D eigenvalue weighted by atomic mass is 16.6. The van der Waals surface area contributed by atoms with Crippen LogP contribution < -0.4 is 5.32 Å². The number of ether oxygens (including phenoxy) is 1. The first kappa shape index (κ1) is 26.6. The topological polar surface area (TPSA) is 87.6 Å². The van der Waals surface area contributed by atoms with Crippen molar-refractivity contribution in [2.24, 2.45) is 5.92 Å². The summed E-state index contributed by atoms with van der Waals surface area (Å²) in [6.45, 7) is 10.4. The summed E-state index contributed by atoms with van der Waals surface area (Å²) >= 11 is 0. The second-order valence-electron chi connectivity index (χ2n) is 10.9. The van der Waals surface area contributed by atoms with Gasteiger partial charge in [0, 0.05) is 30.9 Å². The highest BCUT2D eigenvalue weighted by molar-refractivity contribution is 5.73. The van der Waals surface area contributed by atoms with Gasteiger partial charge in [-0.05, 0) is 88.9 Å². The number of aromatic hydroxyl groups is 1. The first-order chi connectivity index (χ1) is 17.7. The molecule has 3 aromatic rings. The molecule has 0 amide bonds. The molecule has 1 fully saturated rings. The summed E-state index contributed by atoms with van der Waals surface area (Å²) in [6.07, 6.45) is 4.23. The maximum Gasteiger partial charge on any atom is 0.309 e. The third-order valence-corrected chi connectivity index (χ3v) is 6.65. The van der Waals surface area contributed by atoms with Gasteiger partial charge in [-0.3, -0.25) is 9.69 Å². The van der Waals surface area contributed by atoms with Crippen molar-refractivity contribution in [3.8, 4) is 17.0 Å². The lowest BCUT2D eigenvalue weighted by Crippen LogP contribution is -2.43. The average molecular weight is 503 g/mol. The van der Waals surface area contributed by atoms with Crippen molar-refractivity contribution in [1.29, 1.82) is 0 Å². The number of carbonyl (C=O) groups is 1. The zero-order valence-corrected chi connectivity index (χ0v) is 22.3. The summed E-state index contributed by atoms with van der Waals surface area (Å²) in [5.41, 5.74) is 3.85. The second kappa shape index (κ2) is 11.7. The van der Waals surface area contributed by atoms with E-state index >= 15 is 0 Å². The van der Waals surface area contributed by atoms with Crippen LogP contribution in [0.4, 0.5) is 5.95 Å². The normalized spacial score (nSPS) is 18.4. The number of anilines is 1. The maximum absolute atomic E-state index is 12.5. The molecule has 1 unspecified atom stereocenters. The van der Waals surface area contributed by atoms with Crippen LogP contribution in [0, 0.1) is 5.92 Å². The van der Waals surface area contributed by atoms with E-state index in [0.29, 0.717) is 18.5 Å². The third-order valence-electron chi connectivity index (χ3n) is 6.65. The van der Waals surface area contributed by atoms with Crippen LogP contribution in [-0.2, 0) is 22.5 Å². The van der Waals surface area contributed by atoms with Gasteiger partial charge in [0.1, 0.15) is 11.4 Å². The lowest BCUT2D eigenvalue weighted by molar-refractivity contribution is -0.162. The van der Waals surface area contributed by atoms with Crippen molar-refractivity contribution in [2.75, 3.05) is 18.4 Å². The molecule has 1 aromatic heterocycles. The fourth-order valence-corrected chi connectivity index (χ4v) is 4.70. The predicted octanol–water partition coefficient (Wildman–Crippen LogP) is 5.45. The summed E-state index contributed by atoms with van der Waals surface area (Å²) in [6, 6.07) is 17.9. The largest absolute Gasteiger partial charge is 0.508 e. The van der Waals surface area contributed by atoms with Gasteiger partial charge in [-0.15, -0.1) is 0 Å². The number of esters is 1. The third kappa shape index (κ3) is 7.76. The van der Waals surface area contributed by atoms with Gasteiger partial charge < -0.3 is 15.2 Å². The summed E-state index contributed by atoms with van der Waals surface area (Å²) in [4.78, 5) is 24.1. The standard InChI is InChI=1S/C30H38N4O3/c1-21-18-25(28(36)37-30(2,3)4)14-17-34(21)20-23-6-5-7-24(19-23)27-13-16-32-29(33-27)31-15-12-22-8-10-26(35)11-9-22/h5-11,13,16,19,21,25,35H,12,14-15,17-18,20H2,1-4H3,(H,31,32,33)/t21-,25?/m1/s1. The smallest absolute Gasteiger partial charge is 0.309 e. The molecule has 1 saturated heterocycles. The van der Waals surface area contributed by atoms with E-state index in [1.54, 1.807) is 18.3 Å². The number of piperidine rings is 1. The average Bonchev–Trinajstić information content (AvgIpc) is 2.86. The number of phenols is 1. The lowest BCUT2D eigenvalue weighted by atomic mass is 9.91. The molecule has 1 aliphatic rings. The van der Waals surface area contributed by atoms with Gasteiger partial charge >= 0.3 is 5.97 Å². The van der Waals surface area contributed by atoms with Crippen LogP contribution in [0.3, 0.4) is 0 Å². The van der Waals surface area contributed by atoms with Crippen LogP contribution in [0.25, 0.3) is 11.3 Å². The number of nitrogens with zero attached hydrogens (tertiary/aromatic N) is 3. The van der Waals surface area contributed by atoms with Crippen LogP contribution in [0.1, 0.15) is 51.7 Å². The first-order valence-electron chi connectivity index (χ1n) is 13.1. The molecule has 0 spiro atoms. The molecule has 4 rings (SSSR count). The molecular formula is C30H38N4O3. The number of aromatic nitrogens is 2. The summed E-state index contributed by atoms with van der Waals surface area (Å²) in [7, 11) is 0. The molecule has 0 saturated carbocycles. The molecule has 0 aliphatic carbocycles. The van der Waals surface area contributed by atoms with Gasteiger partial charge in [-0.25, -0.2) is 9.97 Å². The Labute approximate surface area is 219 Å². The van der Waals surface area contributed by atoms with E-state index in [4.69, 9.17) is 9.72 Å². The number of likely N-dealkylation sites (tertiary alicyclic amines) is 1. The number of nitrogens with one attached hydrogen (secondary N) is 1. The number of rotatable bonds is 8. The van der Waals surface area contributed by atoms with E-state index in [2.05, 4.69) is 46.4 Å². The highest BCUT2D eigenvalue weighted by Crippen LogP contribution is 2.28. The molecule has 2 aromatic carbocycles. The quantitative estimate of drug-likeness (QED) is 0.396. The van der Waals surface area contributed by atoms with Crippen molar-refractivity contribution in [3.63, 3.8) is 0 Å². The van der Waals surface area contributed by atoms with Crippen molar-refractivity contribution in [2.45, 2.75) is 65.1 Å². The van der Waals surface area contributed by atoms with E-state index in [1.165, 1.54) is 5.56 Å². The Bertz CT molecular complexity index is 1190. The Morgan fingerprint density at radius 1 is 1.14 bits per heavy atom. The minimum atomic E-state index is -0.443. The lowest BCUT2D eigenvalue weighted by Gasteiger charge is -2.37. The number of benzene rings is 2. The number of hydrogen-bond donors (Lipinski definition) is 2. The van der Waals surface area contributed by atoms with E-state index in [9.17, 15) is 9.90 Å². The highest BCUT2D eigenvalue weighted by Gasteiger charge is 2.32. The molecule has 196 valence electrons. The molecule has 1 aliphatic heterocycles. The van der Waals surface area contributed by atoms with Crippen molar-refractivity contribution in [3.05, 3.63) is 71.9 Å². The van der Waals surface area contributed by atoms with E-state index in [1.807, 2.05) is 39.0 Å². The van der Waals surface area contributed by atoms with Crippen LogP contribution in [0.15, 0.2) is 60.8 Å². The van der Waals surface area contributed by atoms with Gasteiger partial charge in [-0.2, -0.15) is 0 Å². The molecule has 2 heterocycles. The van der Waals surface area contributed by atoms with Crippen molar-refractivity contribution >= 4 is 11.9 Å². The van der Waals surface area contributed by atoms with E-state index < -0.39 is 5.60 Å². The maximum atomic E-state index is 12.5. The monoisotopic (exact) mass is 502 g/mol. The Morgan fingerprint density at radius 3 is 2.65 bits per heavy atom. The number of hydrogen-bond acceptors (Lipinski definition) is 7. The van der Waals surface area contributed by atoms with Crippen LogP contribution in [0.2, 0.25) is 0 Å². The van der Waals surface area contributed by atoms with Crippen molar-refractivity contribution < 1.29 is 14.6 Å². The fourth-order valence-electron chi connectivity index (χ4n) is 4.70. The zero-order valence-electron chi connectivity index (χ0n) is 22.3. The van der Waals surface area contributed by atoms with Crippen molar-refractivity contribution in [1.82, 2.24) is 14.9 Å². The summed E-state index contributed by atoms with van der Waals surface area (Å²) in [5, 5.41) is 12.7. The molecule has 2 N–H and O–H groups in total. The van der Waals surface area contributed by atoms with Crippen LogP contribution in [0.5, 0.6) is 5.75 Å². The molecule has 7 nitrogen and oxygen atoms in total. The molecule has 37 heavy (non-hydrogen) atoms. The Balaban J connectivity index is 1.34. The zero-order chi connectivity index (χ0) is 26.4. The Hall–Kier alpha value is -3.45. The predicted molar refractivity (Wildman–Crippen MR) is 146 cm³/mol. The first-order valence-corrected chi connectivity index (χ1v) is 13.1. The number of carbonyl (C=O) groups excluding carboxylic acids is 1.